The van der Waals surface area contributed by atoms with Crippen LogP contribution >= 0.6 is 0 Å². The SMILES string of the molecule is Cc1cccc(C(C)C)c1N1C(=O)c2ccc3c4c(-c5ccc(N(c6ccccc6)c6ccccc6)cc5)cc(C(=O)N(C=O)c5c(C(C)C)cccc5C(C)C)c5c(C)ccc(c6c(C7=CCC=CC=C7)cc(c2c36)C1=O)c54. The molecule has 0 N–H and O–H groups in total. The van der Waals surface area contributed by atoms with Crippen molar-refractivity contribution in [3.63, 3.8) is 0 Å². The summed E-state index contributed by atoms with van der Waals surface area (Å²) in [6.45, 7) is 16.5. The molecule has 1 aliphatic carbocycles. The average molecular weight is 1030 g/mol. The van der Waals surface area contributed by atoms with Gasteiger partial charge >= 0.3 is 0 Å². The van der Waals surface area contributed by atoms with E-state index < -0.39 is 5.91 Å². The highest BCUT2D eigenvalue weighted by molar-refractivity contribution is 6.45. The van der Waals surface area contributed by atoms with Gasteiger partial charge in [0.25, 0.3) is 17.7 Å². The van der Waals surface area contributed by atoms with Crippen molar-refractivity contribution in [2.45, 2.75) is 79.6 Å². The van der Waals surface area contributed by atoms with Crippen molar-refractivity contribution < 1.29 is 19.2 Å². The Labute approximate surface area is 461 Å². The highest BCUT2D eigenvalue weighted by Crippen LogP contribution is 2.52. The van der Waals surface area contributed by atoms with Gasteiger partial charge in [-0.3, -0.25) is 19.2 Å². The topological polar surface area (TPSA) is 78.0 Å². The third kappa shape index (κ3) is 8.17. The summed E-state index contributed by atoms with van der Waals surface area (Å²) in [5, 5.41) is 6.47. The van der Waals surface area contributed by atoms with Crippen molar-refractivity contribution in [1.29, 1.82) is 0 Å². The molecular formula is C72H61N3O4. The molecule has 0 atom stereocenters. The molecule has 1 heterocycles. The highest BCUT2D eigenvalue weighted by Gasteiger charge is 2.39. The normalized spacial score (nSPS) is 13.5. The lowest BCUT2D eigenvalue weighted by molar-refractivity contribution is -0.107. The number of benzene rings is 10. The molecule has 10 aromatic carbocycles. The van der Waals surface area contributed by atoms with Gasteiger partial charge in [-0.05, 0) is 180 Å². The first-order valence-electron chi connectivity index (χ1n) is 27.5. The Kier molecular flexibility index (Phi) is 12.8. The predicted molar refractivity (Wildman–Crippen MR) is 327 cm³/mol. The summed E-state index contributed by atoms with van der Waals surface area (Å²) in [6, 6.07) is 53.1. The molecule has 79 heavy (non-hydrogen) atoms. The Balaban J connectivity index is 1.21. The number of anilines is 5. The van der Waals surface area contributed by atoms with Crippen LogP contribution in [0.5, 0.6) is 0 Å². The van der Waals surface area contributed by atoms with E-state index in [1.54, 1.807) is 0 Å². The fourth-order valence-electron chi connectivity index (χ4n) is 12.5. The lowest BCUT2D eigenvalue weighted by Crippen LogP contribution is -2.41. The Morgan fingerprint density at radius 2 is 1.09 bits per heavy atom. The minimum atomic E-state index is -0.431. The van der Waals surface area contributed by atoms with Gasteiger partial charge in [0.05, 0.1) is 11.4 Å². The van der Waals surface area contributed by atoms with Gasteiger partial charge in [-0.25, -0.2) is 9.80 Å². The molecular weight excluding hydrogens is 971 g/mol. The first-order valence-corrected chi connectivity index (χ1v) is 27.5. The van der Waals surface area contributed by atoms with Gasteiger partial charge in [0.1, 0.15) is 0 Å². The smallest absolute Gasteiger partial charge is 0.266 e. The summed E-state index contributed by atoms with van der Waals surface area (Å²) in [4.78, 5) is 66.0. The van der Waals surface area contributed by atoms with Gasteiger partial charge < -0.3 is 4.90 Å². The van der Waals surface area contributed by atoms with Crippen molar-refractivity contribution in [3.8, 4) is 11.1 Å². The molecule has 7 nitrogen and oxygen atoms in total. The average Bonchev–Trinajstić information content (AvgIpc) is 2.90. The van der Waals surface area contributed by atoms with Gasteiger partial charge in [0.2, 0.25) is 6.41 Å². The first kappa shape index (κ1) is 50.6. The minimum Gasteiger partial charge on any atom is -0.311 e. The maximum Gasteiger partial charge on any atom is 0.266 e. The summed E-state index contributed by atoms with van der Waals surface area (Å²) < 4.78 is 0. The molecule has 1 aliphatic heterocycles. The van der Waals surface area contributed by atoms with E-state index in [0.717, 1.165) is 105 Å². The zero-order valence-electron chi connectivity index (χ0n) is 45.9. The second-order valence-corrected chi connectivity index (χ2v) is 22.0. The molecule has 0 saturated heterocycles. The van der Waals surface area contributed by atoms with Crippen molar-refractivity contribution in [3.05, 3.63) is 238 Å². The fourth-order valence-corrected chi connectivity index (χ4v) is 12.5. The summed E-state index contributed by atoms with van der Waals surface area (Å²) >= 11 is 0. The van der Waals surface area contributed by atoms with Crippen molar-refractivity contribution in [2.24, 2.45) is 0 Å². The Morgan fingerprint density at radius 1 is 0.519 bits per heavy atom. The number of carbonyl (C=O) groups is 4. The van der Waals surface area contributed by atoms with Crippen molar-refractivity contribution in [2.75, 3.05) is 14.7 Å². The lowest BCUT2D eigenvalue weighted by Gasteiger charge is -2.32. The van der Waals surface area contributed by atoms with Crippen molar-refractivity contribution >= 4 is 101 Å². The minimum absolute atomic E-state index is 0.0156. The van der Waals surface area contributed by atoms with Gasteiger partial charge in [0.15, 0.2) is 0 Å². The van der Waals surface area contributed by atoms with Crippen LogP contribution in [0.3, 0.4) is 0 Å². The maximum atomic E-state index is 16.1. The van der Waals surface area contributed by atoms with Crippen LogP contribution in [0, 0.1) is 13.8 Å². The van der Waals surface area contributed by atoms with Crippen LogP contribution in [-0.2, 0) is 4.79 Å². The maximum absolute atomic E-state index is 16.1. The Bertz CT molecular complexity index is 4170. The predicted octanol–water partition coefficient (Wildman–Crippen LogP) is 18.4. The molecule has 0 radical (unpaired) electrons. The zero-order chi connectivity index (χ0) is 55.0. The van der Waals surface area contributed by atoms with Crippen LogP contribution in [0.2, 0.25) is 0 Å². The molecule has 0 aromatic heterocycles. The molecule has 0 spiro atoms. The monoisotopic (exact) mass is 1030 g/mol. The quantitative estimate of drug-likeness (QED) is 0.0527. The van der Waals surface area contributed by atoms with Crippen LogP contribution in [0.15, 0.2) is 188 Å². The van der Waals surface area contributed by atoms with Gasteiger partial charge in [-0.2, -0.15) is 0 Å². The van der Waals surface area contributed by atoms with Gasteiger partial charge in [-0.15, -0.1) is 0 Å². The number of hydrogen-bond donors (Lipinski definition) is 0. The molecule has 0 saturated carbocycles. The molecule has 0 unspecified atom stereocenters. The van der Waals surface area contributed by atoms with E-state index in [1.807, 2.05) is 117 Å². The van der Waals surface area contributed by atoms with E-state index in [1.165, 1.54) is 9.80 Å². The molecule has 10 aromatic rings. The van der Waals surface area contributed by atoms with Crippen LogP contribution < -0.4 is 14.7 Å². The number of allylic oxidation sites excluding steroid dienone is 6. The van der Waals surface area contributed by atoms with Gasteiger partial charge in [-0.1, -0.05) is 175 Å². The molecule has 0 bridgehead atoms. The summed E-state index contributed by atoms with van der Waals surface area (Å²) in [7, 11) is 0. The first-order chi connectivity index (χ1) is 38.3. The number of nitrogens with zero attached hydrogens (tertiary/aromatic N) is 3. The van der Waals surface area contributed by atoms with Crippen LogP contribution in [-0.4, -0.2) is 24.1 Å². The second-order valence-electron chi connectivity index (χ2n) is 22.0. The van der Waals surface area contributed by atoms with E-state index in [9.17, 15) is 4.79 Å². The molecule has 7 heteroatoms. The van der Waals surface area contributed by atoms with Crippen LogP contribution in [0.1, 0.15) is 130 Å². The number of para-hydroxylation sites is 4. The summed E-state index contributed by atoms with van der Waals surface area (Å²) in [6.07, 6.45) is 11.8. The number of imide groups is 2. The van der Waals surface area contributed by atoms with E-state index in [2.05, 4.69) is 131 Å². The molecule has 12 rings (SSSR count). The number of fused-ring (bicyclic) bond motifs is 2. The Morgan fingerprint density at radius 3 is 1.72 bits per heavy atom. The van der Waals surface area contributed by atoms with E-state index >= 15 is 14.4 Å². The third-order valence-corrected chi connectivity index (χ3v) is 16.2. The number of rotatable bonds is 12. The molecule has 4 amide bonds. The standard InChI is InChI=1S/C72H61N3O4/c1-42(2)52-28-19-21-46(8)68(52)75-71(78)57-38-37-56-63-59(48-32-34-51(35-33-48)74(49-24-15-11-16-25-49)50-26-17-12-18-27-50)39-60(70(77)73(41-76)69-53(43(3)4)29-20-30-54(69)44(5)6)62-45(7)31-36-55(66(62)63)64-58(47-22-13-9-10-14-23-47)40-61(72(75)79)65(57)67(56)64/h9-13,15-44H,14H2,1-8H3. The largest absolute Gasteiger partial charge is 0.311 e. The number of carbonyl (C=O) groups excluding carboxylic acids is 4. The second kappa shape index (κ2) is 20.0. The highest BCUT2D eigenvalue weighted by atomic mass is 16.2. The lowest BCUT2D eigenvalue weighted by atomic mass is 9.78. The molecule has 2 aliphatic rings. The summed E-state index contributed by atoms with van der Waals surface area (Å²) in [5.41, 5.74) is 13.3. The van der Waals surface area contributed by atoms with Crippen molar-refractivity contribution in [1.82, 2.24) is 0 Å². The van der Waals surface area contributed by atoms with E-state index in [4.69, 9.17) is 0 Å². The van der Waals surface area contributed by atoms with Crippen LogP contribution in [0.25, 0.3) is 59.8 Å². The van der Waals surface area contributed by atoms with E-state index in [-0.39, 0.29) is 29.6 Å². The summed E-state index contributed by atoms with van der Waals surface area (Å²) in [5.74, 6) is -1.10. The fraction of sp³-hybridized carbons (Fsp3) is 0.167. The number of amides is 4. The third-order valence-electron chi connectivity index (χ3n) is 16.2. The zero-order valence-corrected chi connectivity index (χ0v) is 45.9. The molecule has 388 valence electrons. The van der Waals surface area contributed by atoms with Crippen LogP contribution in [0.4, 0.5) is 28.4 Å². The number of hydrogen-bond acceptors (Lipinski definition) is 5. The molecule has 0 fully saturated rings. The Hall–Kier alpha value is -9.20. The number of aryl methyl sites for hydroxylation is 2. The van der Waals surface area contributed by atoms with E-state index in [0.29, 0.717) is 46.3 Å². The van der Waals surface area contributed by atoms with Gasteiger partial charge in [0, 0.05) is 39.1 Å².